The molecule has 0 aliphatic carbocycles. The maximum atomic E-state index is 6.23. The molecule has 0 saturated carbocycles. The Balaban J connectivity index is 2.48. The van der Waals surface area contributed by atoms with Gasteiger partial charge in [0.25, 0.3) is 0 Å². The van der Waals surface area contributed by atoms with Crippen LogP contribution < -0.4 is 0 Å². The highest BCUT2D eigenvalue weighted by molar-refractivity contribution is 5.33. The zero-order valence-corrected chi connectivity index (χ0v) is 12.9. The largest absolute Gasteiger partial charge is 0.342 e. The lowest BCUT2D eigenvalue weighted by Gasteiger charge is -2.34. The summed E-state index contributed by atoms with van der Waals surface area (Å²) in [4.78, 5) is 0. The zero-order chi connectivity index (χ0) is 15.0. The topological polar surface area (TPSA) is 18.5 Å². The lowest BCUT2D eigenvalue weighted by atomic mass is 9.97. The highest BCUT2D eigenvalue weighted by Gasteiger charge is 2.36. The molecule has 0 amide bonds. The van der Waals surface area contributed by atoms with Gasteiger partial charge in [-0.25, -0.2) is 0 Å². The summed E-state index contributed by atoms with van der Waals surface area (Å²) < 4.78 is 12.5. The smallest absolute Gasteiger partial charge is 0.222 e. The lowest BCUT2D eigenvalue weighted by Crippen LogP contribution is -2.35. The molecular weight excluding hydrogens is 260 g/mol. The molecule has 0 aliphatic rings. The molecule has 0 N–H and O–H groups in total. The van der Waals surface area contributed by atoms with Crippen LogP contribution in [0.25, 0.3) is 0 Å². The summed E-state index contributed by atoms with van der Waals surface area (Å²) >= 11 is 0. The van der Waals surface area contributed by atoms with Crippen molar-refractivity contribution in [1.82, 2.24) is 0 Å². The average Bonchev–Trinajstić information content (AvgIpc) is 2.57. The fourth-order valence-corrected chi connectivity index (χ4v) is 2.35. The summed E-state index contributed by atoms with van der Waals surface area (Å²) in [5, 5.41) is 0. The predicted octanol–water partition coefficient (Wildman–Crippen LogP) is 4.74. The SMILES string of the molecule is CCCOC(OCCC)(c1ccccc1)c1ccccc1. The number of benzene rings is 2. The van der Waals surface area contributed by atoms with Gasteiger partial charge in [-0.3, -0.25) is 0 Å². The van der Waals surface area contributed by atoms with Crippen LogP contribution in [0.4, 0.5) is 0 Å². The second kappa shape index (κ2) is 7.96. The molecule has 0 fully saturated rings. The molecule has 0 unspecified atom stereocenters. The van der Waals surface area contributed by atoms with E-state index >= 15 is 0 Å². The van der Waals surface area contributed by atoms with Crippen LogP contribution >= 0.6 is 0 Å². The van der Waals surface area contributed by atoms with Gasteiger partial charge in [-0.1, -0.05) is 74.5 Å². The molecule has 0 spiro atoms. The molecule has 0 radical (unpaired) electrons. The predicted molar refractivity (Wildman–Crippen MR) is 86.2 cm³/mol. The summed E-state index contributed by atoms with van der Waals surface area (Å²) in [5.74, 6) is -0.811. The van der Waals surface area contributed by atoms with Crippen molar-refractivity contribution in [2.75, 3.05) is 13.2 Å². The first kappa shape index (κ1) is 15.7. The van der Waals surface area contributed by atoms with Crippen LogP contribution in [0.15, 0.2) is 60.7 Å². The maximum Gasteiger partial charge on any atom is 0.222 e. The molecule has 2 heteroatoms. The summed E-state index contributed by atoms with van der Waals surface area (Å²) in [6.07, 6.45) is 1.91. The normalized spacial score (nSPS) is 11.5. The third-order valence-corrected chi connectivity index (χ3v) is 3.33. The Morgan fingerprint density at radius 1 is 0.667 bits per heavy atom. The highest BCUT2D eigenvalue weighted by atomic mass is 16.7. The molecule has 2 rings (SSSR count). The Labute approximate surface area is 127 Å². The van der Waals surface area contributed by atoms with Crippen LogP contribution in [0.5, 0.6) is 0 Å². The molecule has 0 saturated heterocycles. The van der Waals surface area contributed by atoms with Crippen molar-refractivity contribution in [3.8, 4) is 0 Å². The van der Waals surface area contributed by atoms with Gasteiger partial charge in [0.15, 0.2) is 0 Å². The molecule has 2 aromatic carbocycles. The van der Waals surface area contributed by atoms with E-state index in [4.69, 9.17) is 9.47 Å². The first-order valence-electron chi connectivity index (χ1n) is 7.72. The monoisotopic (exact) mass is 284 g/mol. The van der Waals surface area contributed by atoms with E-state index in [0.29, 0.717) is 13.2 Å². The minimum Gasteiger partial charge on any atom is -0.342 e. The van der Waals surface area contributed by atoms with Crippen molar-refractivity contribution >= 4 is 0 Å². The van der Waals surface area contributed by atoms with Crippen LogP contribution in [-0.4, -0.2) is 13.2 Å². The van der Waals surface area contributed by atoms with Crippen molar-refractivity contribution in [2.24, 2.45) is 0 Å². The summed E-state index contributed by atoms with van der Waals surface area (Å²) in [6, 6.07) is 20.4. The second-order valence-electron chi connectivity index (χ2n) is 5.05. The molecule has 0 aliphatic heterocycles. The number of ether oxygens (including phenoxy) is 2. The molecule has 112 valence electrons. The summed E-state index contributed by atoms with van der Waals surface area (Å²) in [6.45, 7) is 5.54. The maximum absolute atomic E-state index is 6.23. The van der Waals surface area contributed by atoms with E-state index in [2.05, 4.69) is 38.1 Å². The van der Waals surface area contributed by atoms with E-state index in [9.17, 15) is 0 Å². The third kappa shape index (κ3) is 3.72. The van der Waals surface area contributed by atoms with E-state index in [1.54, 1.807) is 0 Å². The van der Waals surface area contributed by atoms with E-state index in [1.165, 1.54) is 0 Å². The fourth-order valence-electron chi connectivity index (χ4n) is 2.35. The second-order valence-corrected chi connectivity index (χ2v) is 5.05. The fraction of sp³-hybridized carbons (Fsp3) is 0.368. The van der Waals surface area contributed by atoms with Crippen molar-refractivity contribution in [3.05, 3.63) is 71.8 Å². The van der Waals surface area contributed by atoms with Crippen LogP contribution in [0.3, 0.4) is 0 Å². The first-order valence-corrected chi connectivity index (χ1v) is 7.72. The minimum absolute atomic E-state index is 0.660. The Morgan fingerprint density at radius 3 is 1.38 bits per heavy atom. The molecule has 21 heavy (non-hydrogen) atoms. The van der Waals surface area contributed by atoms with Gasteiger partial charge in [0.2, 0.25) is 5.79 Å². The Hall–Kier alpha value is -1.64. The van der Waals surface area contributed by atoms with Gasteiger partial charge < -0.3 is 9.47 Å². The van der Waals surface area contributed by atoms with Crippen LogP contribution in [0, 0.1) is 0 Å². The minimum atomic E-state index is -0.811. The third-order valence-electron chi connectivity index (χ3n) is 3.33. The number of hydrogen-bond donors (Lipinski definition) is 0. The molecule has 0 bridgehead atoms. The van der Waals surface area contributed by atoms with Crippen LogP contribution in [-0.2, 0) is 15.3 Å². The molecule has 0 atom stereocenters. The van der Waals surface area contributed by atoms with Crippen LogP contribution in [0.1, 0.15) is 37.8 Å². The standard InChI is InChI=1S/C19H24O2/c1-3-15-20-19(21-16-4-2,17-11-7-5-8-12-17)18-13-9-6-10-14-18/h5-14H,3-4,15-16H2,1-2H3. The van der Waals surface area contributed by atoms with Crippen LogP contribution in [0.2, 0.25) is 0 Å². The molecule has 0 heterocycles. The highest BCUT2D eigenvalue weighted by Crippen LogP contribution is 2.35. The van der Waals surface area contributed by atoms with Crippen molar-refractivity contribution < 1.29 is 9.47 Å². The van der Waals surface area contributed by atoms with E-state index in [-0.39, 0.29) is 0 Å². The average molecular weight is 284 g/mol. The van der Waals surface area contributed by atoms with Gasteiger partial charge >= 0.3 is 0 Å². The van der Waals surface area contributed by atoms with Gasteiger partial charge in [-0.2, -0.15) is 0 Å². The first-order chi connectivity index (χ1) is 10.3. The van der Waals surface area contributed by atoms with Crippen molar-refractivity contribution in [2.45, 2.75) is 32.5 Å². The molecule has 0 aromatic heterocycles. The molecule has 2 aromatic rings. The summed E-state index contributed by atoms with van der Waals surface area (Å²) in [7, 11) is 0. The van der Waals surface area contributed by atoms with Gasteiger partial charge in [0.05, 0.1) is 13.2 Å². The van der Waals surface area contributed by atoms with E-state index < -0.39 is 5.79 Å². The lowest BCUT2D eigenvalue weighted by molar-refractivity contribution is -0.218. The van der Waals surface area contributed by atoms with E-state index in [1.807, 2.05) is 36.4 Å². The van der Waals surface area contributed by atoms with Crippen molar-refractivity contribution in [1.29, 1.82) is 0 Å². The molecule has 2 nitrogen and oxygen atoms in total. The van der Waals surface area contributed by atoms with Gasteiger partial charge in [0.1, 0.15) is 0 Å². The van der Waals surface area contributed by atoms with Crippen molar-refractivity contribution in [3.63, 3.8) is 0 Å². The Bertz CT molecular complexity index is 458. The zero-order valence-electron chi connectivity index (χ0n) is 12.9. The van der Waals surface area contributed by atoms with E-state index in [0.717, 1.165) is 24.0 Å². The quantitative estimate of drug-likeness (QED) is 0.652. The number of hydrogen-bond acceptors (Lipinski definition) is 2. The Morgan fingerprint density at radius 2 is 1.05 bits per heavy atom. The number of rotatable bonds is 8. The van der Waals surface area contributed by atoms with Gasteiger partial charge in [-0.05, 0) is 12.8 Å². The summed E-state index contributed by atoms with van der Waals surface area (Å²) in [5.41, 5.74) is 2.08. The van der Waals surface area contributed by atoms with Gasteiger partial charge in [0, 0.05) is 11.1 Å². The van der Waals surface area contributed by atoms with Gasteiger partial charge in [-0.15, -0.1) is 0 Å². The Kier molecular flexibility index (Phi) is 5.97. The molecular formula is C19H24O2.